The van der Waals surface area contributed by atoms with Crippen molar-refractivity contribution < 1.29 is 119 Å². The second-order valence-corrected chi connectivity index (χ2v) is 20.4. The number of methoxy groups -OCH3 is 4. The third kappa shape index (κ3) is 18.1. The van der Waals surface area contributed by atoms with Crippen LogP contribution in [0.4, 0.5) is 33.6 Å². The smallest absolute Gasteiger partial charge is 0.460 e. The molecule has 1 saturated carbocycles. The van der Waals surface area contributed by atoms with Gasteiger partial charge in [0.05, 0.1) is 46.7 Å². The highest BCUT2D eigenvalue weighted by Gasteiger charge is 2.59. The standard InChI is InChI=1S/C59H73N3O25/c1-9-39-45(85-57(68)72-6)47(86-58(69)73-7)42(62-55(66)77-31-36-24-18-13-19-25-36)51(79-39)82-46-40(10-2)80-52(49(46)87-59(70)74-8)83-48-43(33(4)27-38(44(48)84-56(67)71-5)60-53(64)75-29-34-20-14-11-15-21-34)81-50-41(32(3)26-37(28-63)78-50)61-54(65)76-30-35-22-16-12-17-23-35/h11-26,28,32-33,38-52H,9-10,27,29-31H2,1-8H3,(H,60,64)(H,61,65)(H,62,66)/t32-,33-,38+,39-,40+,41+,42+,43+,44-,45+,46+,47+,48-,49+,50+,51+,52-/m0/s1. The molecule has 87 heavy (non-hydrogen) atoms. The van der Waals surface area contributed by atoms with Crippen LogP contribution in [0.25, 0.3) is 0 Å². The van der Waals surface area contributed by atoms with Gasteiger partial charge >= 0.3 is 42.9 Å². The van der Waals surface area contributed by atoms with E-state index < -0.39 is 147 Å². The molecule has 0 unspecified atom stereocenters. The molecule has 1 aliphatic carbocycles. The number of allylic oxidation sites excluding steroid dienone is 1. The lowest BCUT2D eigenvalue weighted by molar-refractivity contribution is -0.290. The minimum absolute atomic E-state index is 0.0330. The Balaban J connectivity index is 1.27. The summed E-state index contributed by atoms with van der Waals surface area (Å²) in [6, 6.07) is 22.5. The predicted octanol–water partition coefficient (Wildman–Crippen LogP) is 7.02. The molecule has 28 nitrogen and oxygen atoms in total. The summed E-state index contributed by atoms with van der Waals surface area (Å²) >= 11 is 0. The fourth-order valence-corrected chi connectivity index (χ4v) is 10.3. The molecular formula is C59H73N3O25. The average Bonchev–Trinajstić information content (AvgIpc) is 2.50. The number of aldehydes is 1. The fourth-order valence-electron chi connectivity index (χ4n) is 10.3. The van der Waals surface area contributed by atoms with Crippen LogP contribution < -0.4 is 16.0 Å². The van der Waals surface area contributed by atoms with E-state index in [4.69, 9.17) is 80.5 Å². The van der Waals surface area contributed by atoms with E-state index in [2.05, 4.69) is 16.0 Å². The number of hydrogen-bond donors (Lipinski definition) is 3. The molecule has 474 valence electrons. The van der Waals surface area contributed by atoms with E-state index in [1.54, 1.807) is 113 Å². The van der Waals surface area contributed by atoms with Crippen LogP contribution in [0.15, 0.2) is 103 Å². The van der Waals surface area contributed by atoms with Crippen molar-refractivity contribution >= 4 is 49.2 Å². The van der Waals surface area contributed by atoms with E-state index in [1.165, 1.54) is 6.08 Å². The zero-order valence-electron chi connectivity index (χ0n) is 49.1. The third-order valence-electron chi connectivity index (χ3n) is 14.6. The third-order valence-corrected chi connectivity index (χ3v) is 14.6. The molecule has 2 saturated heterocycles. The highest BCUT2D eigenvalue weighted by atomic mass is 16.8. The predicted molar refractivity (Wildman–Crippen MR) is 294 cm³/mol. The molecule has 3 fully saturated rings. The number of alkyl carbamates (subject to hydrolysis) is 3. The lowest BCUT2D eigenvalue weighted by Crippen LogP contribution is -2.67. The molecule has 28 heteroatoms. The minimum Gasteiger partial charge on any atom is -0.460 e. The first-order chi connectivity index (χ1) is 42.0. The Hall–Kier alpha value is -8.44. The van der Waals surface area contributed by atoms with Crippen molar-refractivity contribution in [2.45, 2.75) is 159 Å². The van der Waals surface area contributed by atoms with Gasteiger partial charge in [-0.2, -0.15) is 0 Å². The number of benzene rings is 3. The molecular weight excluding hydrogens is 1150 g/mol. The van der Waals surface area contributed by atoms with Gasteiger partial charge in [-0.25, -0.2) is 33.6 Å². The van der Waals surface area contributed by atoms with Gasteiger partial charge in [-0.15, -0.1) is 0 Å². The Morgan fingerprint density at radius 1 is 0.483 bits per heavy atom. The lowest BCUT2D eigenvalue weighted by Gasteiger charge is -2.47. The number of carbonyl (C=O) groups excluding carboxylic acids is 8. The molecule has 17 atom stereocenters. The molecule has 3 aromatic carbocycles. The Morgan fingerprint density at radius 2 is 0.897 bits per heavy atom. The van der Waals surface area contributed by atoms with Crippen molar-refractivity contribution in [2.75, 3.05) is 28.4 Å². The quantitative estimate of drug-likeness (QED) is 0.0517. The molecule has 3 aliphatic heterocycles. The molecule has 0 aromatic heterocycles. The summed E-state index contributed by atoms with van der Waals surface area (Å²) in [6.45, 7) is 6.26. The largest absolute Gasteiger partial charge is 0.508 e. The van der Waals surface area contributed by atoms with Gasteiger partial charge in [0.15, 0.2) is 49.0 Å². The summed E-state index contributed by atoms with van der Waals surface area (Å²) < 4.78 is 99.3. The van der Waals surface area contributed by atoms with Crippen LogP contribution >= 0.6 is 0 Å². The lowest BCUT2D eigenvalue weighted by atomic mass is 9.79. The Labute approximate surface area is 501 Å². The van der Waals surface area contributed by atoms with Crippen molar-refractivity contribution in [3.8, 4) is 0 Å². The first-order valence-corrected chi connectivity index (χ1v) is 28.0. The average molecular weight is 1220 g/mol. The number of amides is 3. The maximum Gasteiger partial charge on any atom is 0.508 e. The molecule has 3 amide bonds. The van der Waals surface area contributed by atoms with Crippen LogP contribution in [0.3, 0.4) is 0 Å². The van der Waals surface area contributed by atoms with Crippen LogP contribution in [0.1, 0.15) is 63.6 Å². The van der Waals surface area contributed by atoms with Crippen molar-refractivity contribution in [3.63, 3.8) is 0 Å². The van der Waals surface area contributed by atoms with E-state index >= 15 is 0 Å². The molecule has 0 spiro atoms. The van der Waals surface area contributed by atoms with E-state index in [0.29, 0.717) is 23.0 Å². The highest BCUT2D eigenvalue weighted by Crippen LogP contribution is 2.41. The number of hydrogen-bond acceptors (Lipinski definition) is 25. The van der Waals surface area contributed by atoms with Crippen molar-refractivity contribution in [2.24, 2.45) is 11.8 Å². The summed E-state index contributed by atoms with van der Waals surface area (Å²) in [5.41, 5.74) is 1.96. The number of rotatable bonds is 22. The van der Waals surface area contributed by atoms with E-state index in [-0.39, 0.29) is 44.8 Å². The number of nitrogens with one attached hydrogen (secondary N) is 3. The second kappa shape index (κ2) is 32.3. The van der Waals surface area contributed by atoms with Crippen LogP contribution in [0.2, 0.25) is 0 Å². The summed E-state index contributed by atoms with van der Waals surface area (Å²) in [4.78, 5) is 106. The van der Waals surface area contributed by atoms with Gasteiger partial charge in [-0.1, -0.05) is 119 Å². The molecule has 3 heterocycles. The van der Waals surface area contributed by atoms with Gasteiger partial charge in [0, 0.05) is 5.92 Å². The molecule has 3 aromatic rings. The minimum atomic E-state index is -1.78. The van der Waals surface area contributed by atoms with E-state index in [0.717, 1.165) is 28.4 Å². The molecule has 3 N–H and O–H groups in total. The van der Waals surface area contributed by atoms with Crippen molar-refractivity contribution in [1.29, 1.82) is 0 Å². The maximum absolute atomic E-state index is 13.9. The Morgan fingerprint density at radius 3 is 1.38 bits per heavy atom. The molecule has 0 bridgehead atoms. The van der Waals surface area contributed by atoms with Gasteiger partial charge in [0.25, 0.3) is 0 Å². The SMILES string of the molecule is CC[C@@H]1O[C@H](O[C@H]2[C@@H](OC(=O)OC)[C@H](O[C@@H]3[C@@H](OC(=O)OC)[C@H](NC(=O)OCc4ccccc4)C[C@H](C)[C@H]3O[C@H]3OC(C=O)=C[C@H](C)[C@H]3NC(=O)OCc3ccccc3)O[C@@H]2CC)[C@H](NC(=O)OCc2ccccc2)[C@@H](OC(=O)OC)[C@@H]1OC(=O)OC. The number of ether oxygens (including phenoxy) is 17. The molecule has 0 radical (unpaired) electrons. The van der Waals surface area contributed by atoms with Gasteiger partial charge in [0.2, 0.25) is 6.29 Å². The van der Waals surface area contributed by atoms with Crippen molar-refractivity contribution in [3.05, 3.63) is 120 Å². The summed E-state index contributed by atoms with van der Waals surface area (Å²) in [6.07, 6.45) is -24.2. The summed E-state index contributed by atoms with van der Waals surface area (Å²) in [5, 5.41) is 8.19. The van der Waals surface area contributed by atoms with Gasteiger partial charge in [0.1, 0.15) is 50.2 Å². The van der Waals surface area contributed by atoms with Crippen LogP contribution in [0.5, 0.6) is 0 Å². The monoisotopic (exact) mass is 1220 g/mol. The van der Waals surface area contributed by atoms with Crippen molar-refractivity contribution in [1.82, 2.24) is 16.0 Å². The normalized spacial score (nSPS) is 29.1. The van der Waals surface area contributed by atoms with Crippen LogP contribution in [-0.4, -0.2) is 170 Å². The zero-order chi connectivity index (χ0) is 62.6. The van der Waals surface area contributed by atoms with Gasteiger partial charge in [-0.05, 0) is 47.9 Å². The molecule has 4 aliphatic rings. The zero-order valence-corrected chi connectivity index (χ0v) is 49.1. The van der Waals surface area contributed by atoms with Gasteiger partial charge < -0.3 is 96.5 Å². The molecule has 7 rings (SSSR count). The topological polar surface area (TPSA) is 330 Å². The van der Waals surface area contributed by atoms with E-state index in [9.17, 15) is 38.4 Å². The van der Waals surface area contributed by atoms with Crippen LogP contribution in [0, 0.1) is 11.8 Å². The second-order valence-electron chi connectivity index (χ2n) is 20.4. The summed E-state index contributed by atoms with van der Waals surface area (Å²) in [7, 11) is 4.15. The Bertz CT molecular complexity index is 2780. The first kappa shape index (κ1) is 66.1. The van der Waals surface area contributed by atoms with E-state index in [1.807, 2.05) is 6.07 Å². The fraction of sp³-hybridized carbons (Fsp3) is 0.525. The number of carbonyl (C=O) groups is 8. The van der Waals surface area contributed by atoms with Gasteiger partial charge in [-0.3, -0.25) is 4.79 Å². The highest BCUT2D eigenvalue weighted by molar-refractivity contribution is 5.72. The first-order valence-electron chi connectivity index (χ1n) is 28.0. The summed E-state index contributed by atoms with van der Waals surface area (Å²) in [5.74, 6) is -1.56. The Kier molecular flexibility index (Phi) is 24.6. The van der Waals surface area contributed by atoms with Crippen LogP contribution in [-0.2, 0) is 105 Å². The maximum atomic E-state index is 13.9.